The lowest BCUT2D eigenvalue weighted by atomic mass is 10.1. The van der Waals surface area contributed by atoms with Crippen LogP contribution in [0.25, 0.3) is 0 Å². The van der Waals surface area contributed by atoms with E-state index < -0.39 is 10.0 Å². The molecule has 134 valence electrons. The van der Waals surface area contributed by atoms with E-state index in [0.717, 1.165) is 18.4 Å². The lowest BCUT2D eigenvalue weighted by molar-refractivity contribution is 0.256. The maximum Gasteiger partial charge on any atom is 0.267 e. The van der Waals surface area contributed by atoms with E-state index in [1.807, 2.05) is 24.3 Å². The van der Waals surface area contributed by atoms with Crippen molar-refractivity contribution in [1.82, 2.24) is 0 Å². The van der Waals surface area contributed by atoms with Gasteiger partial charge in [-0.2, -0.15) is 0 Å². The lowest BCUT2D eigenvalue weighted by Gasteiger charge is -2.22. The van der Waals surface area contributed by atoms with Gasteiger partial charge in [-0.1, -0.05) is 43.7 Å². The van der Waals surface area contributed by atoms with Crippen molar-refractivity contribution in [2.24, 2.45) is 0 Å². The molecule has 1 fully saturated rings. The molecule has 25 heavy (non-hydrogen) atoms. The zero-order valence-electron chi connectivity index (χ0n) is 14.5. The predicted molar refractivity (Wildman–Crippen MR) is 97.7 cm³/mol. The van der Waals surface area contributed by atoms with E-state index in [0.29, 0.717) is 24.7 Å². The molecule has 0 aromatic heterocycles. The summed E-state index contributed by atoms with van der Waals surface area (Å²) in [6.07, 6.45) is 1.74. The first-order chi connectivity index (χ1) is 12.0. The van der Waals surface area contributed by atoms with Gasteiger partial charge in [-0.25, -0.2) is 8.42 Å². The normalized spacial score (nSPS) is 16.5. The number of ether oxygens (including phenoxy) is 2. The standard InChI is InChI=1S/C19H23NO4S/c1-3-8-15-9-7-12-18(19(15)24-14-17-13-23-17)25(21,22)20(2)16-10-5-4-6-11-16/h4-7,9-12,17H,3,8,13-14H2,1-2H3. The average Bonchev–Trinajstić information content (AvgIpc) is 3.45. The summed E-state index contributed by atoms with van der Waals surface area (Å²) in [4.78, 5) is 0.199. The van der Waals surface area contributed by atoms with Crippen molar-refractivity contribution in [2.75, 3.05) is 24.6 Å². The number of anilines is 1. The van der Waals surface area contributed by atoms with Crippen LogP contribution in [0.15, 0.2) is 53.4 Å². The van der Waals surface area contributed by atoms with E-state index in [1.165, 1.54) is 4.31 Å². The Hall–Kier alpha value is -2.05. The molecular weight excluding hydrogens is 338 g/mol. The first kappa shape index (κ1) is 17.8. The molecule has 1 atom stereocenters. The highest BCUT2D eigenvalue weighted by Crippen LogP contribution is 2.33. The number of benzene rings is 2. The zero-order valence-corrected chi connectivity index (χ0v) is 15.3. The Morgan fingerprint density at radius 3 is 2.52 bits per heavy atom. The Morgan fingerprint density at radius 1 is 1.16 bits per heavy atom. The number of rotatable bonds is 8. The van der Waals surface area contributed by atoms with Gasteiger partial charge in [-0.05, 0) is 30.2 Å². The highest BCUT2D eigenvalue weighted by molar-refractivity contribution is 7.92. The summed E-state index contributed by atoms with van der Waals surface area (Å²) in [6, 6.07) is 14.3. The molecule has 1 heterocycles. The van der Waals surface area contributed by atoms with Crippen LogP contribution in [0.1, 0.15) is 18.9 Å². The third-order valence-corrected chi connectivity index (χ3v) is 5.96. The highest BCUT2D eigenvalue weighted by atomic mass is 32.2. The van der Waals surface area contributed by atoms with Gasteiger partial charge in [0.25, 0.3) is 10.0 Å². The van der Waals surface area contributed by atoms with Crippen LogP contribution in [0.2, 0.25) is 0 Å². The first-order valence-corrected chi connectivity index (χ1v) is 9.88. The lowest BCUT2D eigenvalue weighted by Crippen LogP contribution is -2.27. The van der Waals surface area contributed by atoms with E-state index >= 15 is 0 Å². The third-order valence-electron chi connectivity index (χ3n) is 4.15. The molecule has 0 aliphatic carbocycles. The van der Waals surface area contributed by atoms with Gasteiger partial charge in [0.1, 0.15) is 23.4 Å². The monoisotopic (exact) mass is 361 g/mol. The number of epoxide rings is 1. The van der Waals surface area contributed by atoms with Crippen LogP contribution >= 0.6 is 0 Å². The summed E-state index contributed by atoms with van der Waals surface area (Å²) in [5.41, 5.74) is 1.52. The average molecular weight is 361 g/mol. The van der Waals surface area contributed by atoms with Crippen molar-refractivity contribution in [2.45, 2.75) is 30.8 Å². The Balaban J connectivity index is 1.99. The second-order valence-electron chi connectivity index (χ2n) is 6.07. The number of para-hydroxylation sites is 2. The zero-order chi connectivity index (χ0) is 17.9. The topological polar surface area (TPSA) is 59.1 Å². The van der Waals surface area contributed by atoms with E-state index in [9.17, 15) is 8.42 Å². The Kier molecular flexibility index (Phi) is 5.30. The second-order valence-corrected chi connectivity index (χ2v) is 8.01. The van der Waals surface area contributed by atoms with Crippen LogP contribution in [0, 0.1) is 0 Å². The van der Waals surface area contributed by atoms with Crippen molar-refractivity contribution >= 4 is 15.7 Å². The van der Waals surface area contributed by atoms with Crippen molar-refractivity contribution in [3.05, 3.63) is 54.1 Å². The molecule has 0 amide bonds. The molecule has 2 aromatic carbocycles. The van der Waals surface area contributed by atoms with Crippen molar-refractivity contribution in [3.8, 4) is 5.75 Å². The number of hydrogen-bond donors (Lipinski definition) is 0. The van der Waals surface area contributed by atoms with E-state index in [2.05, 4.69) is 6.92 Å². The SMILES string of the molecule is CCCc1cccc(S(=O)(=O)N(C)c2ccccc2)c1OCC1CO1. The van der Waals surface area contributed by atoms with Crippen LogP contribution in [-0.4, -0.2) is 34.8 Å². The quantitative estimate of drug-likeness (QED) is 0.677. The summed E-state index contributed by atoms with van der Waals surface area (Å²) in [6.45, 7) is 3.10. The number of hydrogen-bond acceptors (Lipinski definition) is 4. The Bertz CT molecular complexity index is 817. The molecule has 0 spiro atoms. The van der Waals surface area contributed by atoms with Gasteiger partial charge in [0, 0.05) is 7.05 Å². The minimum atomic E-state index is -3.72. The van der Waals surface area contributed by atoms with Gasteiger partial charge < -0.3 is 9.47 Å². The molecule has 0 N–H and O–H groups in total. The molecule has 1 aliphatic heterocycles. The fraction of sp³-hybridized carbons (Fsp3) is 0.368. The molecule has 1 unspecified atom stereocenters. The predicted octanol–water partition coefficient (Wildman–Crippen LogP) is 3.24. The highest BCUT2D eigenvalue weighted by Gasteiger charge is 2.29. The molecule has 2 aromatic rings. The largest absolute Gasteiger partial charge is 0.489 e. The maximum absolute atomic E-state index is 13.2. The maximum atomic E-state index is 13.2. The minimum absolute atomic E-state index is 0.0667. The van der Waals surface area contributed by atoms with Gasteiger partial charge in [0.05, 0.1) is 12.3 Å². The molecule has 0 bridgehead atoms. The van der Waals surface area contributed by atoms with Crippen molar-refractivity contribution in [1.29, 1.82) is 0 Å². The number of aryl methyl sites for hydroxylation is 1. The minimum Gasteiger partial charge on any atom is -0.489 e. The molecule has 0 radical (unpaired) electrons. The van der Waals surface area contributed by atoms with Gasteiger partial charge >= 0.3 is 0 Å². The molecule has 1 saturated heterocycles. The molecular formula is C19H23NO4S. The van der Waals surface area contributed by atoms with Crippen LogP contribution in [0.4, 0.5) is 5.69 Å². The smallest absolute Gasteiger partial charge is 0.267 e. The molecule has 5 nitrogen and oxygen atoms in total. The summed E-state index contributed by atoms with van der Waals surface area (Å²) in [5.74, 6) is 0.447. The van der Waals surface area contributed by atoms with Gasteiger partial charge in [0.2, 0.25) is 0 Å². The summed E-state index contributed by atoms with van der Waals surface area (Å²) < 4.78 is 38.7. The Morgan fingerprint density at radius 2 is 1.88 bits per heavy atom. The van der Waals surface area contributed by atoms with Crippen LogP contribution in [-0.2, 0) is 21.2 Å². The van der Waals surface area contributed by atoms with Crippen LogP contribution < -0.4 is 9.04 Å². The van der Waals surface area contributed by atoms with E-state index in [1.54, 1.807) is 31.3 Å². The van der Waals surface area contributed by atoms with E-state index in [4.69, 9.17) is 9.47 Å². The first-order valence-electron chi connectivity index (χ1n) is 8.44. The van der Waals surface area contributed by atoms with E-state index in [-0.39, 0.29) is 11.0 Å². The number of sulfonamides is 1. The fourth-order valence-electron chi connectivity index (χ4n) is 2.66. The third kappa shape index (κ3) is 3.96. The van der Waals surface area contributed by atoms with Gasteiger partial charge in [-0.15, -0.1) is 0 Å². The summed E-state index contributed by atoms with van der Waals surface area (Å²) in [7, 11) is -2.16. The van der Waals surface area contributed by atoms with Crippen LogP contribution in [0.3, 0.4) is 0 Å². The summed E-state index contributed by atoms with van der Waals surface area (Å²) >= 11 is 0. The molecule has 0 saturated carbocycles. The molecule has 6 heteroatoms. The second kappa shape index (κ2) is 7.45. The molecule has 3 rings (SSSR count). The van der Waals surface area contributed by atoms with Gasteiger partial charge in [-0.3, -0.25) is 4.31 Å². The van der Waals surface area contributed by atoms with Crippen molar-refractivity contribution in [3.63, 3.8) is 0 Å². The Labute approximate surface area is 149 Å². The fourth-order valence-corrected chi connectivity index (χ4v) is 4.03. The number of nitrogens with zero attached hydrogens (tertiary/aromatic N) is 1. The summed E-state index contributed by atoms with van der Waals surface area (Å²) in [5, 5.41) is 0. The molecule has 1 aliphatic rings. The van der Waals surface area contributed by atoms with Gasteiger partial charge in [0.15, 0.2) is 0 Å². The van der Waals surface area contributed by atoms with Crippen molar-refractivity contribution < 1.29 is 17.9 Å². The van der Waals surface area contributed by atoms with Crippen LogP contribution in [0.5, 0.6) is 5.75 Å².